The maximum Gasteiger partial charge on any atom is 0.343 e. The van der Waals surface area contributed by atoms with Crippen molar-refractivity contribution in [1.82, 2.24) is 19.7 Å². The van der Waals surface area contributed by atoms with Crippen LogP contribution in [-0.4, -0.2) is 43.5 Å². The Bertz CT molecular complexity index is 1340. The zero-order valence-corrected chi connectivity index (χ0v) is 21.2. The Morgan fingerprint density at radius 2 is 1.72 bits per heavy atom. The van der Waals surface area contributed by atoms with Gasteiger partial charge in [0.05, 0.1) is 29.4 Å². The van der Waals surface area contributed by atoms with Gasteiger partial charge in [0.25, 0.3) is 0 Å². The number of nitrogens with one attached hydrogen (secondary N) is 1. The van der Waals surface area contributed by atoms with Gasteiger partial charge in [-0.1, -0.05) is 67.2 Å². The van der Waals surface area contributed by atoms with Gasteiger partial charge < -0.3 is 10.1 Å². The number of hydrogen-bond acceptors (Lipinski definition) is 7. The Kier molecular flexibility index (Phi) is 8.12. The first-order valence-corrected chi connectivity index (χ1v) is 12.6. The third-order valence-corrected chi connectivity index (χ3v) is 6.60. The maximum absolute atomic E-state index is 13.4. The van der Waals surface area contributed by atoms with Gasteiger partial charge in [-0.25, -0.2) is 19.4 Å². The number of ether oxygens (including phenoxy) is 1. The van der Waals surface area contributed by atoms with E-state index in [0.29, 0.717) is 23.0 Å². The van der Waals surface area contributed by atoms with Crippen LogP contribution >= 0.6 is 11.8 Å². The van der Waals surface area contributed by atoms with Crippen molar-refractivity contribution in [3.63, 3.8) is 0 Å². The summed E-state index contributed by atoms with van der Waals surface area (Å²) in [5.74, 6) is 0.0891. The topological polar surface area (TPSA) is 99.0 Å². The van der Waals surface area contributed by atoms with E-state index in [1.165, 1.54) is 22.6 Å². The molecule has 4 aromatic rings. The average Bonchev–Trinajstić information content (AvgIpc) is 3.31. The lowest BCUT2D eigenvalue weighted by Crippen LogP contribution is -2.27. The maximum atomic E-state index is 13.4. The predicted molar refractivity (Wildman–Crippen MR) is 140 cm³/mol. The number of hydrogen-bond donors (Lipinski definition) is 1. The first kappa shape index (κ1) is 25.1. The van der Waals surface area contributed by atoms with Gasteiger partial charge in [0, 0.05) is 5.56 Å². The number of benzene rings is 2. The van der Waals surface area contributed by atoms with Crippen LogP contribution in [-0.2, 0) is 9.53 Å². The molecule has 0 saturated carbocycles. The van der Waals surface area contributed by atoms with Gasteiger partial charge >= 0.3 is 5.97 Å². The number of carbonyl (C=O) groups excluding carboxylic acids is 2. The van der Waals surface area contributed by atoms with Crippen molar-refractivity contribution in [2.45, 2.75) is 37.5 Å². The number of carbonyl (C=O) groups is 2. The predicted octanol–water partition coefficient (Wildman–Crippen LogP) is 5.32. The normalized spacial score (nSPS) is 11.6. The van der Waals surface area contributed by atoms with Gasteiger partial charge in [-0.05, 0) is 38.5 Å². The monoisotopic (exact) mass is 501 g/mol. The highest BCUT2D eigenvalue weighted by Crippen LogP contribution is 2.29. The second-order valence-electron chi connectivity index (χ2n) is 7.88. The second-order valence-corrected chi connectivity index (χ2v) is 9.11. The Balaban J connectivity index is 1.61. The van der Waals surface area contributed by atoms with Crippen molar-refractivity contribution in [3.8, 4) is 16.9 Å². The molecule has 2 heterocycles. The molecule has 0 aliphatic rings. The molecule has 0 spiro atoms. The van der Waals surface area contributed by atoms with Crippen LogP contribution < -0.4 is 5.32 Å². The third kappa shape index (κ3) is 5.80. The first-order chi connectivity index (χ1) is 17.5. The number of thioether (sulfide) groups is 1. The van der Waals surface area contributed by atoms with Crippen molar-refractivity contribution >= 4 is 29.5 Å². The van der Waals surface area contributed by atoms with Crippen LogP contribution in [0.5, 0.6) is 0 Å². The molecule has 1 N–H and O–H groups in total. The molecule has 0 radical (unpaired) electrons. The summed E-state index contributed by atoms with van der Waals surface area (Å²) in [7, 11) is 0. The summed E-state index contributed by atoms with van der Waals surface area (Å²) in [6.07, 6.45) is 1.96. The summed E-state index contributed by atoms with van der Waals surface area (Å²) < 4.78 is 6.72. The summed E-state index contributed by atoms with van der Waals surface area (Å²) in [4.78, 5) is 35.1. The molecule has 0 fully saturated rings. The molecule has 8 nitrogen and oxygen atoms in total. The molecule has 4 rings (SSSR count). The fourth-order valence-corrected chi connectivity index (χ4v) is 4.60. The van der Waals surface area contributed by atoms with E-state index in [-0.39, 0.29) is 23.9 Å². The van der Waals surface area contributed by atoms with Crippen LogP contribution in [0.2, 0.25) is 0 Å². The molecule has 1 unspecified atom stereocenters. The summed E-state index contributed by atoms with van der Waals surface area (Å²) in [5, 5.41) is 7.51. The molecule has 9 heteroatoms. The Labute approximate surface area is 214 Å². The minimum atomic E-state index is -0.547. The molecule has 184 valence electrons. The molecule has 0 saturated heterocycles. The number of anilines is 1. The molecule has 2 aromatic carbocycles. The molecule has 1 amide bonds. The summed E-state index contributed by atoms with van der Waals surface area (Å²) in [6, 6.07) is 21.0. The van der Waals surface area contributed by atoms with Crippen molar-refractivity contribution in [2.75, 3.05) is 11.9 Å². The van der Waals surface area contributed by atoms with E-state index in [0.717, 1.165) is 11.3 Å². The Morgan fingerprint density at radius 3 is 2.39 bits per heavy atom. The molecule has 0 bridgehead atoms. The van der Waals surface area contributed by atoms with Crippen molar-refractivity contribution in [3.05, 3.63) is 84.3 Å². The third-order valence-electron chi connectivity index (χ3n) is 5.32. The van der Waals surface area contributed by atoms with E-state index in [4.69, 9.17) is 4.74 Å². The van der Waals surface area contributed by atoms with Gasteiger partial charge in [0.2, 0.25) is 5.91 Å². The highest BCUT2D eigenvalue weighted by Gasteiger charge is 2.26. The Morgan fingerprint density at radius 1 is 1.03 bits per heavy atom. The van der Waals surface area contributed by atoms with Crippen LogP contribution in [0, 0.1) is 6.92 Å². The van der Waals surface area contributed by atoms with Crippen molar-refractivity contribution in [1.29, 1.82) is 0 Å². The van der Waals surface area contributed by atoms with E-state index in [1.807, 2.05) is 80.6 Å². The largest absolute Gasteiger partial charge is 0.462 e. The van der Waals surface area contributed by atoms with Crippen molar-refractivity contribution in [2.24, 2.45) is 0 Å². The zero-order chi connectivity index (χ0) is 25.5. The molecule has 36 heavy (non-hydrogen) atoms. The van der Waals surface area contributed by atoms with Crippen LogP contribution in [0.1, 0.15) is 36.5 Å². The van der Waals surface area contributed by atoms with E-state index < -0.39 is 11.2 Å². The van der Waals surface area contributed by atoms with Crippen LogP contribution in [0.3, 0.4) is 0 Å². The van der Waals surface area contributed by atoms with Gasteiger partial charge in [-0.2, -0.15) is 5.10 Å². The van der Waals surface area contributed by atoms with E-state index >= 15 is 0 Å². The molecular weight excluding hydrogens is 474 g/mol. The van der Waals surface area contributed by atoms with Crippen LogP contribution in [0.15, 0.2) is 78.0 Å². The molecule has 0 aliphatic carbocycles. The van der Waals surface area contributed by atoms with Gasteiger partial charge in [0.15, 0.2) is 5.82 Å². The number of para-hydroxylation sites is 1. The standard InChI is InChI=1S/C27H27N5O3S/c1-4-23(36-24-16-22(29-18(3)30-24)19-12-8-6-9-13-19)26(33)31-25-21(27(34)35-5-2)17-28-32(25)20-14-10-7-11-15-20/h6-17,23H,4-5H2,1-3H3,(H,31,33). The second kappa shape index (κ2) is 11.6. The number of esters is 1. The van der Waals surface area contributed by atoms with Gasteiger partial charge in [-0.15, -0.1) is 0 Å². The van der Waals surface area contributed by atoms with Crippen LogP contribution in [0.25, 0.3) is 16.9 Å². The highest BCUT2D eigenvalue weighted by molar-refractivity contribution is 8.00. The fraction of sp³-hybridized carbons (Fsp3) is 0.222. The van der Waals surface area contributed by atoms with E-state index in [2.05, 4.69) is 20.4 Å². The van der Waals surface area contributed by atoms with Gasteiger partial charge in [0.1, 0.15) is 16.4 Å². The lowest BCUT2D eigenvalue weighted by atomic mass is 10.1. The number of aromatic nitrogens is 4. The minimum absolute atomic E-state index is 0.193. The molecular formula is C27H27N5O3S. The smallest absolute Gasteiger partial charge is 0.343 e. The van der Waals surface area contributed by atoms with E-state index in [1.54, 1.807) is 6.92 Å². The Hall–Kier alpha value is -3.98. The quantitative estimate of drug-likeness (QED) is 0.188. The highest BCUT2D eigenvalue weighted by atomic mass is 32.2. The fourth-order valence-electron chi connectivity index (χ4n) is 3.61. The molecule has 1 atom stereocenters. The summed E-state index contributed by atoms with van der Waals surface area (Å²) in [5.41, 5.74) is 2.68. The lowest BCUT2D eigenvalue weighted by molar-refractivity contribution is -0.115. The number of nitrogens with zero attached hydrogens (tertiary/aromatic N) is 4. The van der Waals surface area contributed by atoms with E-state index in [9.17, 15) is 9.59 Å². The lowest BCUT2D eigenvalue weighted by Gasteiger charge is -2.17. The number of aryl methyl sites for hydroxylation is 1. The van der Waals surface area contributed by atoms with Crippen molar-refractivity contribution < 1.29 is 14.3 Å². The average molecular weight is 502 g/mol. The molecule has 0 aliphatic heterocycles. The van der Waals surface area contributed by atoms with Gasteiger partial charge in [-0.3, -0.25) is 4.79 Å². The van der Waals surface area contributed by atoms with Crippen LogP contribution in [0.4, 0.5) is 5.82 Å². The SMILES string of the molecule is CCOC(=O)c1cnn(-c2ccccc2)c1NC(=O)C(CC)Sc1cc(-c2ccccc2)nc(C)n1. The zero-order valence-electron chi connectivity index (χ0n) is 20.3. The number of rotatable bonds is 9. The number of amides is 1. The molecule has 2 aromatic heterocycles. The minimum Gasteiger partial charge on any atom is -0.462 e. The first-order valence-electron chi connectivity index (χ1n) is 11.7. The summed E-state index contributed by atoms with van der Waals surface area (Å²) in [6.45, 7) is 5.72. The summed E-state index contributed by atoms with van der Waals surface area (Å²) >= 11 is 1.36.